The molecule has 1 heterocycles. The van der Waals surface area contributed by atoms with Crippen molar-refractivity contribution < 1.29 is 33.7 Å². The second-order valence-electron chi connectivity index (χ2n) is 7.01. The van der Waals surface area contributed by atoms with E-state index in [1.54, 1.807) is 41.5 Å². The molecule has 22 heavy (non-hydrogen) atoms. The summed E-state index contributed by atoms with van der Waals surface area (Å²) in [4.78, 5) is 35.5. The Morgan fingerprint density at radius 2 is 1.68 bits per heavy atom. The van der Waals surface area contributed by atoms with Gasteiger partial charge in [0.05, 0.1) is 11.8 Å². The van der Waals surface area contributed by atoms with Gasteiger partial charge in [0.1, 0.15) is 11.2 Å². The number of carbonyl (C=O) groups is 3. The molecule has 0 saturated heterocycles. The lowest BCUT2D eigenvalue weighted by atomic mass is 9.90. The van der Waals surface area contributed by atoms with Gasteiger partial charge in [-0.05, 0) is 41.5 Å². The van der Waals surface area contributed by atoms with E-state index in [2.05, 4.69) is 0 Å². The average Bonchev–Trinajstić information content (AvgIpc) is 2.63. The van der Waals surface area contributed by atoms with E-state index in [0.29, 0.717) is 0 Å². The monoisotopic (exact) mass is 314 g/mol. The van der Waals surface area contributed by atoms with Crippen molar-refractivity contribution in [3.63, 3.8) is 0 Å². The fourth-order valence-electron chi connectivity index (χ4n) is 1.76. The summed E-state index contributed by atoms with van der Waals surface area (Å²) >= 11 is 0. The van der Waals surface area contributed by atoms with Crippen LogP contribution in [0.5, 0.6) is 0 Å². The van der Waals surface area contributed by atoms with Crippen LogP contribution >= 0.6 is 0 Å². The molecule has 0 aromatic heterocycles. The van der Waals surface area contributed by atoms with Crippen LogP contribution in [-0.2, 0) is 28.6 Å². The predicted molar refractivity (Wildman–Crippen MR) is 75.7 cm³/mol. The number of aliphatic hydroxyl groups is 1. The van der Waals surface area contributed by atoms with Gasteiger partial charge in [0.15, 0.2) is 6.29 Å². The van der Waals surface area contributed by atoms with Gasteiger partial charge >= 0.3 is 11.9 Å². The highest BCUT2D eigenvalue weighted by Gasteiger charge is 2.59. The van der Waals surface area contributed by atoms with Crippen molar-refractivity contribution in [3.05, 3.63) is 11.8 Å². The number of hydrogen-bond donors (Lipinski definition) is 1. The van der Waals surface area contributed by atoms with E-state index in [-0.39, 0.29) is 6.29 Å². The third-order valence-corrected chi connectivity index (χ3v) is 2.61. The summed E-state index contributed by atoms with van der Waals surface area (Å²) in [6.45, 7) is 9.66. The lowest BCUT2D eigenvalue weighted by Gasteiger charge is -2.31. The zero-order valence-corrected chi connectivity index (χ0v) is 13.6. The van der Waals surface area contributed by atoms with Crippen molar-refractivity contribution >= 4 is 18.2 Å². The molecule has 124 valence electrons. The fraction of sp³-hybridized carbons (Fsp3) is 0.667. The van der Waals surface area contributed by atoms with Gasteiger partial charge in [0, 0.05) is 0 Å². The molecule has 1 aliphatic heterocycles. The number of aldehydes is 1. The lowest BCUT2D eigenvalue weighted by molar-refractivity contribution is -0.192. The zero-order chi connectivity index (χ0) is 17.3. The summed E-state index contributed by atoms with van der Waals surface area (Å²) in [5, 5.41) is 10.6. The topological polar surface area (TPSA) is 99.1 Å². The molecule has 0 fully saturated rings. The van der Waals surface area contributed by atoms with Crippen LogP contribution in [0.2, 0.25) is 0 Å². The van der Waals surface area contributed by atoms with Gasteiger partial charge in [0.25, 0.3) is 0 Å². The predicted octanol–water partition coefficient (Wildman–Crippen LogP) is 0.882. The molecule has 0 unspecified atom stereocenters. The first-order valence-corrected chi connectivity index (χ1v) is 6.81. The molecule has 7 heteroatoms. The summed E-state index contributed by atoms with van der Waals surface area (Å²) < 4.78 is 15.2. The minimum absolute atomic E-state index is 0.244. The third-order valence-electron chi connectivity index (χ3n) is 2.61. The highest BCUT2D eigenvalue weighted by Crippen LogP contribution is 2.33. The van der Waals surface area contributed by atoms with Crippen LogP contribution in [-0.4, -0.2) is 46.2 Å². The van der Waals surface area contributed by atoms with E-state index in [1.807, 2.05) is 0 Å². The van der Waals surface area contributed by atoms with Gasteiger partial charge in [-0.25, -0.2) is 9.59 Å². The van der Waals surface area contributed by atoms with E-state index in [1.165, 1.54) is 0 Å². The maximum Gasteiger partial charge on any atom is 0.351 e. The van der Waals surface area contributed by atoms with Gasteiger partial charge in [-0.15, -0.1) is 0 Å². The normalized spacial score (nSPS) is 25.0. The molecule has 2 atom stereocenters. The highest BCUT2D eigenvalue weighted by molar-refractivity contribution is 6.00. The number of rotatable bonds is 3. The van der Waals surface area contributed by atoms with E-state index in [4.69, 9.17) is 14.2 Å². The SMILES string of the molecule is CC(C)(C)OC(=O)[C@H]1OC=C(C=O)[C@@]1(O)C(=O)OC(C)(C)C. The van der Waals surface area contributed by atoms with Crippen LogP contribution in [0, 0.1) is 0 Å². The Kier molecular flexibility index (Phi) is 4.72. The minimum Gasteiger partial charge on any atom is -0.482 e. The Bertz CT molecular complexity index is 507. The molecule has 1 aliphatic rings. The van der Waals surface area contributed by atoms with E-state index >= 15 is 0 Å². The fourth-order valence-corrected chi connectivity index (χ4v) is 1.76. The molecule has 0 amide bonds. The number of ether oxygens (including phenoxy) is 3. The van der Waals surface area contributed by atoms with E-state index in [0.717, 1.165) is 6.26 Å². The molecule has 1 N–H and O–H groups in total. The number of esters is 2. The Labute approximate surface area is 129 Å². The summed E-state index contributed by atoms with van der Waals surface area (Å²) in [7, 11) is 0. The third kappa shape index (κ3) is 3.85. The van der Waals surface area contributed by atoms with Gasteiger partial charge < -0.3 is 19.3 Å². The van der Waals surface area contributed by atoms with Gasteiger partial charge in [-0.3, -0.25) is 4.79 Å². The summed E-state index contributed by atoms with van der Waals surface area (Å²) in [5.41, 5.74) is -4.68. The maximum absolute atomic E-state index is 12.3. The first-order chi connectivity index (χ1) is 9.81. The van der Waals surface area contributed by atoms with Gasteiger partial charge in [0.2, 0.25) is 11.7 Å². The molecule has 0 aliphatic carbocycles. The lowest BCUT2D eigenvalue weighted by Crippen LogP contribution is -2.56. The van der Waals surface area contributed by atoms with Crippen LogP contribution < -0.4 is 0 Å². The van der Waals surface area contributed by atoms with Crippen LogP contribution in [0.4, 0.5) is 0 Å². The van der Waals surface area contributed by atoms with Crippen molar-refractivity contribution in [1.29, 1.82) is 0 Å². The first kappa shape index (κ1) is 18.2. The number of hydrogen-bond acceptors (Lipinski definition) is 7. The molecule has 0 radical (unpaired) electrons. The summed E-state index contributed by atoms with van der Waals surface area (Å²) in [5.74, 6) is -2.11. The molecule has 0 saturated carbocycles. The molecular weight excluding hydrogens is 292 g/mol. The standard InChI is InChI=1S/C15H22O7/c1-13(2,3)21-11(17)10-15(19,9(7-16)8-20-10)12(18)22-14(4,5)6/h7-8,10,19H,1-6H3/t10-,15+/m1/s1. The molecular formula is C15H22O7. The quantitative estimate of drug-likeness (QED) is 0.610. The second kappa shape index (κ2) is 5.72. The minimum atomic E-state index is -2.53. The highest BCUT2D eigenvalue weighted by atomic mass is 16.6. The smallest absolute Gasteiger partial charge is 0.351 e. The van der Waals surface area contributed by atoms with E-state index in [9.17, 15) is 19.5 Å². The Hall–Kier alpha value is -1.89. The Morgan fingerprint density at radius 1 is 1.18 bits per heavy atom. The first-order valence-electron chi connectivity index (χ1n) is 6.81. The second-order valence-corrected chi connectivity index (χ2v) is 7.01. The largest absolute Gasteiger partial charge is 0.482 e. The van der Waals surface area contributed by atoms with Crippen LogP contribution in [0.25, 0.3) is 0 Å². The van der Waals surface area contributed by atoms with Crippen molar-refractivity contribution in [2.45, 2.75) is 64.4 Å². The van der Waals surface area contributed by atoms with Gasteiger partial charge in [-0.2, -0.15) is 0 Å². The average molecular weight is 314 g/mol. The van der Waals surface area contributed by atoms with Crippen molar-refractivity contribution in [2.24, 2.45) is 0 Å². The van der Waals surface area contributed by atoms with Crippen LogP contribution in [0.1, 0.15) is 41.5 Å². The molecule has 7 nitrogen and oxygen atoms in total. The molecule has 0 aromatic rings. The Morgan fingerprint density at radius 3 is 2.09 bits per heavy atom. The van der Waals surface area contributed by atoms with Gasteiger partial charge in [-0.1, -0.05) is 0 Å². The molecule has 1 rings (SSSR count). The Balaban J connectivity index is 3.12. The van der Waals surface area contributed by atoms with Crippen molar-refractivity contribution in [1.82, 2.24) is 0 Å². The van der Waals surface area contributed by atoms with Crippen LogP contribution in [0.15, 0.2) is 11.8 Å². The van der Waals surface area contributed by atoms with Crippen molar-refractivity contribution in [2.75, 3.05) is 0 Å². The molecule has 0 aromatic carbocycles. The summed E-state index contributed by atoms with van der Waals surface area (Å²) in [6.07, 6.45) is -0.582. The van der Waals surface area contributed by atoms with Crippen molar-refractivity contribution in [3.8, 4) is 0 Å². The maximum atomic E-state index is 12.3. The molecule has 0 bridgehead atoms. The van der Waals surface area contributed by atoms with Crippen LogP contribution in [0.3, 0.4) is 0 Å². The molecule has 0 spiro atoms. The summed E-state index contributed by atoms with van der Waals surface area (Å²) in [6, 6.07) is 0. The number of carbonyl (C=O) groups excluding carboxylic acids is 3. The van der Waals surface area contributed by atoms with E-state index < -0.39 is 40.4 Å². The zero-order valence-electron chi connectivity index (χ0n) is 13.6.